The fraction of sp³-hybridized carbons (Fsp3) is 0.818. The van der Waals surface area contributed by atoms with Gasteiger partial charge in [0.05, 0.1) is 13.0 Å². The number of piperidine rings is 1. The Morgan fingerprint density at radius 3 is 2.88 bits per heavy atom. The van der Waals surface area contributed by atoms with Gasteiger partial charge in [0.2, 0.25) is 5.91 Å². The third kappa shape index (κ3) is 4.61. The number of hydrogen-bond donors (Lipinski definition) is 2. The maximum absolute atomic E-state index is 11.7. The second-order valence-corrected chi connectivity index (χ2v) is 4.41. The van der Waals surface area contributed by atoms with E-state index in [1.54, 1.807) is 0 Å². The molecule has 0 radical (unpaired) electrons. The highest BCUT2D eigenvalue weighted by Crippen LogP contribution is 2.14. The summed E-state index contributed by atoms with van der Waals surface area (Å²) >= 11 is 0. The summed E-state index contributed by atoms with van der Waals surface area (Å²) in [6.45, 7) is 4.42. The first-order chi connectivity index (χ1) is 7.59. The van der Waals surface area contributed by atoms with E-state index in [2.05, 4.69) is 12.2 Å². The minimum absolute atomic E-state index is 0.0592. The lowest BCUT2D eigenvalue weighted by Gasteiger charge is -2.31. The smallest absolute Gasteiger partial charge is 0.304 e. The molecule has 0 saturated carbocycles. The van der Waals surface area contributed by atoms with E-state index in [4.69, 9.17) is 5.11 Å². The van der Waals surface area contributed by atoms with Gasteiger partial charge in [-0.1, -0.05) is 6.92 Å². The lowest BCUT2D eigenvalue weighted by molar-refractivity contribution is -0.137. The molecular formula is C11H20N2O3. The van der Waals surface area contributed by atoms with Gasteiger partial charge in [0.15, 0.2) is 0 Å². The fourth-order valence-corrected chi connectivity index (χ4v) is 1.92. The number of carboxylic acids is 1. The van der Waals surface area contributed by atoms with Gasteiger partial charge in [-0.05, 0) is 18.8 Å². The van der Waals surface area contributed by atoms with Gasteiger partial charge in [-0.2, -0.15) is 0 Å². The third-order valence-electron chi connectivity index (χ3n) is 2.80. The van der Waals surface area contributed by atoms with Gasteiger partial charge in [0.25, 0.3) is 0 Å². The van der Waals surface area contributed by atoms with Crippen molar-refractivity contribution in [1.82, 2.24) is 10.2 Å². The molecule has 5 nitrogen and oxygen atoms in total. The number of likely N-dealkylation sites (tertiary alicyclic amines) is 1. The van der Waals surface area contributed by atoms with Crippen LogP contribution < -0.4 is 5.32 Å². The Labute approximate surface area is 95.8 Å². The molecule has 1 aliphatic rings. The molecule has 1 rings (SSSR count). The standard InChI is InChI=1S/C11H20N2O3/c1-9-3-2-6-13(8-9)10(14)7-12-5-4-11(15)16/h9,12H,2-8H2,1H3,(H,15,16). The first-order valence-corrected chi connectivity index (χ1v) is 5.80. The molecule has 16 heavy (non-hydrogen) atoms. The molecule has 0 bridgehead atoms. The Hall–Kier alpha value is -1.10. The lowest BCUT2D eigenvalue weighted by Crippen LogP contribution is -2.43. The van der Waals surface area contributed by atoms with Crippen LogP contribution >= 0.6 is 0 Å². The predicted molar refractivity (Wildman–Crippen MR) is 60.1 cm³/mol. The van der Waals surface area contributed by atoms with Crippen LogP contribution in [0.5, 0.6) is 0 Å². The summed E-state index contributed by atoms with van der Waals surface area (Å²) in [5.41, 5.74) is 0. The van der Waals surface area contributed by atoms with Crippen LogP contribution in [0.4, 0.5) is 0 Å². The number of amides is 1. The summed E-state index contributed by atoms with van der Waals surface area (Å²) in [5.74, 6) is -0.180. The number of nitrogens with one attached hydrogen (secondary N) is 1. The molecular weight excluding hydrogens is 208 g/mol. The summed E-state index contributed by atoms with van der Waals surface area (Å²) in [5, 5.41) is 11.3. The number of aliphatic carboxylic acids is 1. The maximum Gasteiger partial charge on any atom is 0.304 e. The van der Waals surface area contributed by atoms with Gasteiger partial charge in [-0.3, -0.25) is 9.59 Å². The molecule has 5 heteroatoms. The molecule has 0 aromatic heterocycles. The minimum atomic E-state index is -0.841. The van der Waals surface area contributed by atoms with Crippen molar-refractivity contribution in [3.05, 3.63) is 0 Å². The highest BCUT2D eigenvalue weighted by Gasteiger charge is 2.20. The average Bonchev–Trinajstić information content (AvgIpc) is 2.24. The molecule has 92 valence electrons. The second kappa shape index (κ2) is 6.48. The first kappa shape index (κ1) is 13.0. The number of carbonyl (C=O) groups is 2. The quantitative estimate of drug-likeness (QED) is 0.664. The molecule has 0 aliphatic carbocycles. The summed E-state index contributed by atoms with van der Waals surface area (Å²) in [6, 6.07) is 0. The Kier molecular flexibility index (Phi) is 5.25. The summed E-state index contributed by atoms with van der Waals surface area (Å²) in [4.78, 5) is 23.8. The molecule has 0 aromatic carbocycles. The van der Waals surface area contributed by atoms with Crippen molar-refractivity contribution in [2.45, 2.75) is 26.2 Å². The molecule has 1 atom stereocenters. The zero-order chi connectivity index (χ0) is 12.0. The summed E-state index contributed by atoms with van der Waals surface area (Å²) < 4.78 is 0. The van der Waals surface area contributed by atoms with E-state index in [0.717, 1.165) is 19.5 Å². The van der Waals surface area contributed by atoms with E-state index in [1.165, 1.54) is 6.42 Å². The molecule has 0 aromatic rings. The number of carboxylic acid groups (broad SMARTS) is 1. The topological polar surface area (TPSA) is 69.6 Å². The molecule has 1 aliphatic heterocycles. The lowest BCUT2D eigenvalue weighted by atomic mass is 10.0. The van der Waals surface area contributed by atoms with Gasteiger partial charge >= 0.3 is 5.97 Å². The van der Waals surface area contributed by atoms with Crippen LogP contribution in [0.3, 0.4) is 0 Å². The summed E-state index contributed by atoms with van der Waals surface area (Å²) in [7, 11) is 0. The number of carbonyl (C=O) groups excluding carboxylic acids is 1. The molecule has 1 saturated heterocycles. The van der Waals surface area contributed by atoms with E-state index in [-0.39, 0.29) is 18.9 Å². The Bertz CT molecular complexity index is 256. The van der Waals surface area contributed by atoms with Gasteiger partial charge in [0, 0.05) is 19.6 Å². The largest absolute Gasteiger partial charge is 0.481 e. The van der Waals surface area contributed by atoms with E-state index >= 15 is 0 Å². The van der Waals surface area contributed by atoms with Crippen LogP contribution in [0.25, 0.3) is 0 Å². The van der Waals surface area contributed by atoms with Crippen LogP contribution in [0, 0.1) is 5.92 Å². The maximum atomic E-state index is 11.7. The molecule has 1 heterocycles. The van der Waals surface area contributed by atoms with Gasteiger partial charge in [0.1, 0.15) is 0 Å². The van der Waals surface area contributed by atoms with Crippen molar-refractivity contribution >= 4 is 11.9 Å². The van der Waals surface area contributed by atoms with Crippen LogP contribution in [0.1, 0.15) is 26.2 Å². The normalized spacial score (nSPS) is 20.8. The van der Waals surface area contributed by atoms with Crippen LogP contribution in [-0.4, -0.2) is 48.1 Å². The van der Waals surface area contributed by atoms with E-state index in [9.17, 15) is 9.59 Å². The highest BCUT2D eigenvalue weighted by molar-refractivity contribution is 5.78. The molecule has 1 fully saturated rings. The fourth-order valence-electron chi connectivity index (χ4n) is 1.92. The van der Waals surface area contributed by atoms with E-state index in [0.29, 0.717) is 12.5 Å². The van der Waals surface area contributed by atoms with Crippen molar-refractivity contribution in [2.24, 2.45) is 5.92 Å². The zero-order valence-electron chi connectivity index (χ0n) is 9.74. The monoisotopic (exact) mass is 228 g/mol. The minimum Gasteiger partial charge on any atom is -0.481 e. The number of rotatable bonds is 5. The SMILES string of the molecule is CC1CCCN(C(=O)CNCCC(=O)O)C1. The van der Waals surface area contributed by atoms with Crippen molar-refractivity contribution in [3.8, 4) is 0 Å². The van der Waals surface area contributed by atoms with Crippen molar-refractivity contribution in [2.75, 3.05) is 26.2 Å². The van der Waals surface area contributed by atoms with Crippen molar-refractivity contribution < 1.29 is 14.7 Å². The van der Waals surface area contributed by atoms with Gasteiger partial charge < -0.3 is 15.3 Å². The number of hydrogen-bond acceptors (Lipinski definition) is 3. The average molecular weight is 228 g/mol. The molecule has 1 unspecified atom stereocenters. The Morgan fingerprint density at radius 2 is 2.25 bits per heavy atom. The van der Waals surface area contributed by atoms with Crippen LogP contribution in [0.2, 0.25) is 0 Å². The van der Waals surface area contributed by atoms with Crippen LogP contribution in [0.15, 0.2) is 0 Å². The molecule has 1 amide bonds. The third-order valence-corrected chi connectivity index (χ3v) is 2.80. The predicted octanol–water partition coefficient (Wildman–Crippen LogP) is 0.309. The zero-order valence-corrected chi connectivity index (χ0v) is 9.74. The first-order valence-electron chi connectivity index (χ1n) is 5.80. The molecule has 2 N–H and O–H groups in total. The molecule has 0 spiro atoms. The van der Waals surface area contributed by atoms with Crippen molar-refractivity contribution in [1.29, 1.82) is 0 Å². The van der Waals surface area contributed by atoms with Gasteiger partial charge in [-0.25, -0.2) is 0 Å². The highest BCUT2D eigenvalue weighted by atomic mass is 16.4. The van der Waals surface area contributed by atoms with E-state index < -0.39 is 5.97 Å². The van der Waals surface area contributed by atoms with Gasteiger partial charge in [-0.15, -0.1) is 0 Å². The Morgan fingerprint density at radius 1 is 1.50 bits per heavy atom. The van der Waals surface area contributed by atoms with E-state index in [1.807, 2.05) is 4.90 Å². The van der Waals surface area contributed by atoms with Crippen LogP contribution in [-0.2, 0) is 9.59 Å². The summed E-state index contributed by atoms with van der Waals surface area (Å²) in [6.07, 6.45) is 2.32. The van der Waals surface area contributed by atoms with Crippen molar-refractivity contribution in [3.63, 3.8) is 0 Å². The Balaban J connectivity index is 2.16. The second-order valence-electron chi connectivity index (χ2n) is 4.41. The number of nitrogens with zero attached hydrogens (tertiary/aromatic N) is 1.